The number of anilines is 1. The number of nitrogens with one attached hydrogen (secondary N) is 1. The summed E-state index contributed by atoms with van der Waals surface area (Å²) in [5.41, 5.74) is 2.54. The summed E-state index contributed by atoms with van der Waals surface area (Å²) in [5.74, 6) is -1.52. The van der Waals surface area contributed by atoms with E-state index in [1.807, 2.05) is 45.0 Å². The first-order chi connectivity index (χ1) is 15.2. The van der Waals surface area contributed by atoms with Gasteiger partial charge in [-0.25, -0.2) is 0 Å². The number of amides is 1. The van der Waals surface area contributed by atoms with Crippen LogP contribution in [-0.2, 0) is 30.3 Å². The maximum Gasteiger partial charge on any atom is 0.315 e. The molecule has 3 rings (SSSR count). The number of hydrogen-bond acceptors (Lipinski definition) is 6. The van der Waals surface area contributed by atoms with Crippen LogP contribution in [0.1, 0.15) is 50.8 Å². The first kappa shape index (κ1) is 23.2. The molecule has 1 amide bonds. The van der Waals surface area contributed by atoms with Crippen molar-refractivity contribution in [2.45, 2.75) is 51.6 Å². The summed E-state index contributed by atoms with van der Waals surface area (Å²) in [6.07, 6.45) is 4.16. The van der Waals surface area contributed by atoms with Gasteiger partial charge in [-0.3, -0.25) is 19.4 Å². The predicted molar refractivity (Wildman–Crippen MR) is 121 cm³/mol. The number of carbonyl (C=O) groups excluding carboxylic acids is 3. The molecule has 1 aliphatic rings. The molecule has 1 aromatic heterocycles. The molecule has 0 saturated heterocycles. The minimum Gasteiger partial charge on any atom is -0.469 e. The smallest absolute Gasteiger partial charge is 0.315 e. The monoisotopic (exact) mass is 436 g/mol. The standard InChI is InChI=1S/C25H28N2O5/c1-25(2,3)32-24(30)18-8-5-6-11-22(28)27-21-14-16(15-23(29)31-4)12-13-17(21)19-9-7-10-20(18)26-19/h5-7,9-10,12-14,18H,8,11,15H2,1-4H3,(H,27,28)/b6-5+. The normalized spacial score (nSPS) is 17.1. The van der Waals surface area contributed by atoms with Crippen molar-refractivity contribution in [3.63, 3.8) is 0 Å². The van der Waals surface area contributed by atoms with Crippen LogP contribution in [-0.4, -0.2) is 35.5 Å². The first-order valence-electron chi connectivity index (χ1n) is 10.5. The van der Waals surface area contributed by atoms with Gasteiger partial charge < -0.3 is 14.8 Å². The maximum atomic E-state index is 12.9. The molecule has 1 aromatic carbocycles. The van der Waals surface area contributed by atoms with Crippen LogP contribution in [0.2, 0.25) is 0 Å². The van der Waals surface area contributed by atoms with Gasteiger partial charge in [-0.2, -0.15) is 0 Å². The van der Waals surface area contributed by atoms with Crippen molar-refractivity contribution in [2.75, 3.05) is 12.4 Å². The summed E-state index contributed by atoms with van der Waals surface area (Å²) >= 11 is 0. The number of hydrogen-bond donors (Lipinski definition) is 1. The van der Waals surface area contributed by atoms with Gasteiger partial charge in [-0.15, -0.1) is 0 Å². The number of nitrogens with zero attached hydrogens (tertiary/aromatic N) is 1. The van der Waals surface area contributed by atoms with Crippen LogP contribution in [0.5, 0.6) is 0 Å². The topological polar surface area (TPSA) is 94.6 Å². The van der Waals surface area contributed by atoms with E-state index in [4.69, 9.17) is 14.5 Å². The first-order valence-corrected chi connectivity index (χ1v) is 10.5. The van der Waals surface area contributed by atoms with E-state index < -0.39 is 11.5 Å². The summed E-state index contributed by atoms with van der Waals surface area (Å²) in [6, 6.07) is 10.8. The number of pyridine rings is 1. The summed E-state index contributed by atoms with van der Waals surface area (Å²) in [4.78, 5) is 41.8. The Morgan fingerprint density at radius 3 is 2.66 bits per heavy atom. The highest BCUT2D eigenvalue weighted by Gasteiger charge is 2.27. The van der Waals surface area contributed by atoms with Gasteiger partial charge in [-0.1, -0.05) is 30.4 Å². The second-order valence-electron chi connectivity index (χ2n) is 8.63. The SMILES string of the molecule is COC(=O)Cc1ccc2c(c1)NC(=O)C/C=C/CC(C(=O)OC(C)(C)C)c1cccc-2n1. The molecule has 7 nitrogen and oxygen atoms in total. The molecule has 0 aliphatic carbocycles. The van der Waals surface area contributed by atoms with Crippen molar-refractivity contribution in [3.8, 4) is 11.3 Å². The van der Waals surface area contributed by atoms with E-state index in [9.17, 15) is 14.4 Å². The summed E-state index contributed by atoms with van der Waals surface area (Å²) < 4.78 is 10.4. The lowest BCUT2D eigenvalue weighted by Crippen LogP contribution is -2.28. The van der Waals surface area contributed by atoms with Crippen molar-refractivity contribution >= 4 is 23.5 Å². The Bertz CT molecular complexity index is 1050. The van der Waals surface area contributed by atoms with E-state index in [0.29, 0.717) is 34.6 Å². The third kappa shape index (κ3) is 6.03. The fraction of sp³-hybridized carbons (Fsp3) is 0.360. The molecule has 2 aromatic rings. The van der Waals surface area contributed by atoms with E-state index in [2.05, 4.69) is 5.32 Å². The molecule has 168 valence electrons. The average molecular weight is 437 g/mol. The molecule has 0 spiro atoms. The molecule has 0 fully saturated rings. The Hall–Kier alpha value is -3.48. The summed E-state index contributed by atoms with van der Waals surface area (Å²) in [7, 11) is 1.33. The van der Waals surface area contributed by atoms with Gasteiger partial charge in [0.2, 0.25) is 5.91 Å². The van der Waals surface area contributed by atoms with E-state index in [0.717, 1.165) is 0 Å². The number of methoxy groups -OCH3 is 1. The lowest BCUT2D eigenvalue weighted by atomic mass is 9.97. The highest BCUT2D eigenvalue weighted by molar-refractivity contribution is 5.96. The fourth-order valence-electron chi connectivity index (χ4n) is 3.40. The number of fused-ring (bicyclic) bond motifs is 4. The summed E-state index contributed by atoms with van der Waals surface area (Å²) in [6.45, 7) is 5.48. The molecule has 2 heterocycles. The van der Waals surface area contributed by atoms with E-state index in [1.54, 1.807) is 24.3 Å². The van der Waals surface area contributed by atoms with Crippen LogP contribution < -0.4 is 5.32 Å². The van der Waals surface area contributed by atoms with Gasteiger partial charge in [0.15, 0.2) is 0 Å². The third-order valence-corrected chi connectivity index (χ3v) is 4.87. The molecule has 2 bridgehead atoms. The van der Waals surface area contributed by atoms with Gasteiger partial charge in [0.05, 0.1) is 30.6 Å². The highest BCUT2D eigenvalue weighted by atomic mass is 16.6. The zero-order valence-corrected chi connectivity index (χ0v) is 18.8. The predicted octanol–water partition coefficient (Wildman–Crippen LogP) is 4.18. The minimum absolute atomic E-state index is 0.0910. The van der Waals surface area contributed by atoms with Crippen LogP contribution in [0, 0.1) is 0 Å². The number of carbonyl (C=O) groups is 3. The van der Waals surface area contributed by atoms with E-state index >= 15 is 0 Å². The molecular weight excluding hydrogens is 408 g/mol. The van der Waals surface area contributed by atoms with Gasteiger partial charge in [-0.05, 0) is 51.0 Å². The van der Waals surface area contributed by atoms with Gasteiger partial charge >= 0.3 is 11.9 Å². The Kier molecular flexibility index (Phi) is 7.08. The Labute approximate surface area is 187 Å². The fourth-order valence-corrected chi connectivity index (χ4v) is 3.40. The zero-order valence-electron chi connectivity index (χ0n) is 18.8. The Morgan fingerprint density at radius 1 is 1.16 bits per heavy atom. The van der Waals surface area contributed by atoms with E-state index in [-0.39, 0.29) is 30.7 Å². The molecule has 1 N–H and O–H groups in total. The van der Waals surface area contributed by atoms with Crippen molar-refractivity contribution in [1.82, 2.24) is 4.98 Å². The number of aromatic nitrogens is 1. The van der Waals surface area contributed by atoms with Crippen molar-refractivity contribution in [1.29, 1.82) is 0 Å². The highest BCUT2D eigenvalue weighted by Crippen LogP contribution is 2.31. The molecule has 1 atom stereocenters. The molecular formula is C25H28N2O5. The van der Waals surface area contributed by atoms with E-state index in [1.165, 1.54) is 7.11 Å². The van der Waals surface area contributed by atoms with Crippen LogP contribution >= 0.6 is 0 Å². The average Bonchev–Trinajstić information content (AvgIpc) is 2.72. The van der Waals surface area contributed by atoms with Gasteiger partial charge in [0.25, 0.3) is 0 Å². The lowest BCUT2D eigenvalue weighted by molar-refractivity contribution is -0.156. The number of ether oxygens (including phenoxy) is 2. The number of esters is 2. The minimum atomic E-state index is -0.620. The molecule has 32 heavy (non-hydrogen) atoms. The van der Waals surface area contributed by atoms with Crippen molar-refractivity contribution in [3.05, 3.63) is 59.8 Å². The molecule has 0 saturated carbocycles. The number of allylic oxidation sites excluding steroid dienone is 1. The van der Waals surface area contributed by atoms with Crippen LogP contribution in [0.15, 0.2) is 48.6 Å². The molecule has 7 heteroatoms. The second kappa shape index (κ2) is 9.77. The van der Waals surface area contributed by atoms with Gasteiger partial charge in [0.1, 0.15) is 11.5 Å². The van der Waals surface area contributed by atoms with Crippen molar-refractivity contribution < 1.29 is 23.9 Å². The summed E-state index contributed by atoms with van der Waals surface area (Å²) in [5, 5.41) is 2.91. The molecule has 1 unspecified atom stereocenters. The largest absolute Gasteiger partial charge is 0.469 e. The number of benzene rings is 1. The lowest BCUT2D eigenvalue weighted by Gasteiger charge is -2.24. The zero-order chi connectivity index (χ0) is 23.3. The van der Waals surface area contributed by atoms with Crippen LogP contribution in [0.4, 0.5) is 5.69 Å². The quantitative estimate of drug-likeness (QED) is 0.573. The Balaban J connectivity index is 2.06. The molecule has 1 aliphatic heterocycles. The molecule has 0 radical (unpaired) electrons. The van der Waals surface area contributed by atoms with Crippen molar-refractivity contribution in [2.24, 2.45) is 0 Å². The van der Waals surface area contributed by atoms with Crippen LogP contribution in [0.25, 0.3) is 11.3 Å². The van der Waals surface area contributed by atoms with Crippen LogP contribution in [0.3, 0.4) is 0 Å². The van der Waals surface area contributed by atoms with Gasteiger partial charge in [0, 0.05) is 12.0 Å². The second-order valence-corrected chi connectivity index (χ2v) is 8.63. The Morgan fingerprint density at radius 2 is 1.94 bits per heavy atom. The third-order valence-electron chi connectivity index (χ3n) is 4.87. The number of rotatable bonds is 3. The maximum absolute atomic E-state index is 12.9.